The van der Waals surface area contributed by atoms with Gasteiger partial charge in [-0.05, 0) is 38.5 Å². The topological polar surface area (TPSA) is 52.6 Å². The number of hydrogen-bond acceptors (Lipinski definition) is 4. The van der Waals surface area contributed by atoms with Crippen molar-refractivity contribution in [2.75, 3.05) is 13.2 Å². The Hall–Kier alpha value is -1.32. The van der Waals surface area contributed by atoms with E-state index in [1.165, 1.54) is 0 Å². The number of hydrogen-bond donors (Lipinski definition) is 0. The maximum Gasteiger partial charge on any atom is 0.323 e. The molecule has 4 heteroatoms. The lowest BCUT2D eigenvalue weighted by Crippen LogP contribution is -2.40. The van der Waals surface area contributed by atoms with Gasteiger partial charge in [-0.15, -0.1) is 6.58 Å². The van der Waals surface area contributed by atoms with Crippen molar-refractivity contribution in [3.63, 3.8) is 0 Å². The minimum Gasteiger partial charge on any atom is -0.465 e. The van der Waals surface area contributed by atoms with E-state index in [0.717, 1.165) is 0 Å². The normalized spacial score (nSPS) is 25.5. The molecule has 0 bridgehead atoms. The van der Waals surface area contributed by atoms with Crippen LogP contribution >= 0.6 is 0 Å². The van der Waals surface area contributed by atoms with Gasteiger partial charge in [0.05, 0.1) is 13.2 Å². The summed E-state index contributed by atoms with van der Waals surface area (Å²) in [5.74, 6) is -0.533. The molecule has 0 radical (unpaired) electrons. The van der Waals surface area contributed by atoms with Gasteiger partial charge in [-0.3, -0.25) is 9.59 Å². The lowest BCUT2D eigenvalue weighted by Gasteiger charge is -2.24. The highest BCUT2D eigenvalue weighted by atomic mass is 16.6. The van der Waals surface area contributed by atoms with Crippen molar-refractivity contribution in [3.8, 4) is 0 Å². The molecule has 1 rings (SSSR count). The highest BCUT2D eigenvalue weighted by molar-refractivity contribution is 6.00. The van der Waals surface area contributed by atoms with Gasteiger partial charge in [-0.1, -0.05) is 13.0 Å². The van der Waals surface area contributed by atoms with Gasteiger partial charge in [-0.2, -0.15) is 0 Å². The van der Waals surface area contributed by atoms with E-state index in [1.54, 1.807) is 13.8 Å². The van der Waals surface area contributed by atoms with Gasteiger partial charge in [-0.25, -0.2) is 0 Å². The Morgan fingerprint density at radius 3 is 2.06 bits per heavy atom. The summed E-state index contributed by atoms with van der Waals surface area (Å²) >= 11 is 0. The molecular formula is C14H22O4. The fraction of sp³-hybridized carbons (Fsp3) is 0.714. The molecule has 1 aliphatic carbocycles. The van der Waals surface area contributed by atoms with Crippen LogP contribution in [-0.2, 0) is 19.1 Å². The molecule has 1 aliphatic rings. The summed E-state index contributed by atoms with van der Waals surface area (Å²) in [6.45, 7) is 9.80. The fourth-order valence-electron chi connectivity index (χ4n) is 2.66. The van der Waals surface area contributed by atoms with Crippen molar-refractivity contribution in [3.05, 3.63) is 12.7 Å². The van der Waals surface area contributed by atoms with Gasteiger partial charge in [0.1, 0.15) is 0 Å². The molecule has 0 aromatic carbocycles. The van der Waals surface area contributed by atoms with Crippen LogP contribution in [0.1, 0.15) is 33.6 Å². The Morgan fingerprint density at radius 2 is 1.72 bits per heavy atom. The Labute approximate surface area is 108 Å². The largest absolute Gasteiger partial charge is 0.465 e. The fourth-order valence-corrected chi connectivity index (χ4v) is 2.66. The second kappa shape index (κ2) is 6.03. The van der Waals surface area contributed by atoms with Crippen LogP contribution in [0, 0.1) is 17.3 Å². The minimum absolute atomic E-state index is 0.152. The average molecular weight is 254 g/mol. The molecule has 0 heterocycles. The van der Waals surface area contributed by atoms with Gasteiger partial charge >= 0.3 is 11.9 Å². The third-order valence-corrected chi connectivity index (χ3v) is 3.62. The molecule has 0 spiro atoms. The zero-order valence-corrected chi connectivity index (χ0v) is 11.4. The van der Waals surface area contributed by atoms with Crippen molar-refractivity contribution in [1.82, 2.24) is 0 Å². The third-order valence-electron chi connectivity index (χ3n) is 3.62. The first-order valence-corrected chi connectivity index (χ1v) is 6.48. The molecular weight excluding hydrogens is 232 g/mol. The summed E-state index contributed by atoms with van der Waals surface area (Å²) in [4.78, 5) is 24.3. The highest BCUT2D eigenvalue weighted by Crippen LogP contribution is 2.47. The first kappa shape index (κ1) is 14.7. The zero-order valence-electron chi connectivity index (χ0n) is 11.4. The molecule has 0 unspecified atom stereocenters. The maximum atomic E-state index is 12.1. The van der Waals surface area contributed by atoms with Crippen LogP contribution < -0.4 is 0 Å². The van der Waals surface area contributed by atoms with Crippen molar-refractivity contribution in [2.45, 2.75) is 33.6 Å². The second-order valence-electron chi connectivity index (χ2n) is 4.81. The van der Waals surface area contributed by atoms with E-state index in [0.29, 0.717) is 12.8 Å². The van der Waals surface area contributed by atoms with E-state index < -0.39 is 17.4 Å². The smallest absolute Gasteiger partial charge is 0.323 e. The molecule has 0 aromatic heterocycles. The Balaban J connectivity index is 3.00. The van der Waals surface area contributed by atoms with Gasteiger partial charge in [0, 0.05) is 0 Å². The molecule has 0 saturated heterocycles. The average Bonchev–Trinajstić information content (AvgIpc) is 2.68. The molecule has 0 N–H and O–H groups in total. The number of esters is 2. The molecule has 2 atom stereocenters. The summed E-state index contributed by atoms with van der Waals surface area (Å²) in [5.41, 5.74) is -1.13. The van der Waals surface area contributed by atoms with E-state index in [4.69, 9.17) is 9.47 Å². The second-order valence-corrected chi connectivity index (χ2v) is 4.81. The first-order chi connectivity index (χ1) is 8.51. The zero-order chi connectivity index (χ0) is 13.8. The van der Waals surface area contributed by atoms with Crippen LogP contribution in [0.15, 0.2) is 12.7 Å². The highest BCUT2D eigenvalue weighted by Gasteiger charge is 2.55. The standard InChI is InChI=1S/C14H22O4/c1-5-11-9-14(8-10(11)4,12(15)17-6-2)13(16)18-7-3/h5,10-11H,1,6-9H2,2-4H3/t10-,11-/m0/s1. The van der Waals surface area contributed by atoms with Crippen LogP contribution in [0.5, 0.6) is 0 Å². The summed E-state index contributed by atoms with van der Waals surface area (Å²) in [7, 11) is 0. The first-order valence-electron chi connectivity index (χ1n) is 6.48. The van der Waals surface area contributed by atoms with Crippen LogP contribution in [-0.4, -0.2) is 25.2 Å². The van der Waals surface area contributed by atoms with Crippen LogP contribution in [0.4, 0.5) is 0 Å². The minimum atomic E-state index is -1.13. The van der Waals surface area contributed by atoms with Gasteiger partial charge in [0.25, 0.3) is 0 Å². The monoisotopic (exact) mass is 254 g/mol. The number of carbonyl (C=O) groups is 2. The molecule has 4 nitrogen and oxygen atoms in total. The molecule has 0 aromatic rings. The molecule has 102 valence electrons. The summed E-state index contributed by atoms with van der Waals surface area (Å²) in [6, 6.07) is 0. The Morgan fingerprint density at radius 1 is 1.22 bits per heavy atom. The van der Waals surface area contributed by atoms with E-state index >= 15 is 0 Å². The Kier molecular flexibility index (Phi) is 4.93. The van der Waals surface area contributed by atoms with Crippen LogP contribution in [0.2, 0.25) is 0 Å². The molecule has 0 aliphatic heterocycles. The van der Waals surface area contributed by atoms with E-state index in [9.17, 15) is 9.59 Å². The summed E-state index contributed by atoms with van der Waals surface area (Å²) in [6.07, 6.45) is 2.72. The molecule has 1 fully saturated rings. The van der Waals surface area contributed by atoms with Crippen LogP contribution in [0.25, 0.3) is 0 Å². The van der Waals surface area contributed by atoms with E-state index in [-0.39, 0.29) is 25.0 Å². The number of allylic oxidation sites excluding steroid dienone is 1. The van der Waals surface area contributed by atoms with Crippen molar-refractivity contribution < 1.29 is 19.1 Å². The lowest BCUT2D eigenvalue weighted by atomic mass is 9.85. The van der Waals surface area contributed by atoms with Crippen molar-refractivity contribution in [2.24, 2.45) is 17.3 Å². The predicted molar refractivity (Wildman–Crippen MR) is 67.8 cm³/mol. The van der Waals surface area contributed by atoms with Gasteiger partial charge in [0.15, 0.2) is 5.41 Å². The van der Waals surface area contributed by atoms with Crippen molar-refractivity contribution >= 4 is 11.9 Å². The van der Waals surface area contributed by atoms with Gasteiger partial charge < -0.3 is 9.47 Å². The SMILES string of the molecule is C=C[C@H]1CC(C(=O)OCC)(C(=O)OCC)C[C@@H]1C. The Bertz CT molecular complexity index is 317. The third kappa shape index (κ3) is 2.57. The lowest BCUT2D eigenvalue weighted by molar-refractivity contribution is -0.172. The molecule has 0 amide bonds. The maximum absolute atomic E-state index is 12.1. The van der Waals surface area contributed by atoms with Crippen LogP contribution in [0.3, 0.4) is 0 Å². The quantitative estimate of drug-likeness (QED) is 0.429. The number of ether oxygens (including phenoxy) is 2. The summed E-state index contributed by atoms with van der Waals surface area (Å²) < 4.78 is 10.1. The van der Waals surface area contributed by atoms with Crippen molar-refractivity contribution in [1.29, 1.82) is 0 Å². The predicted octanol–water partition coefficient (Wildman–Crippen LogP) is 2.33. The van der Waals surface area contributed by atoms with E-state index in [2.05, 4.69) is 6.58 Å². The number of rotatable bonds is 5. The van der Waals surface area contributed by atoms with Gasteiger partial charge in [0.2, 0.25) is 0 Å². The summed E-state index contributed by atoms with van der Waals surface area (Å²) in [5, 5.41) is 0. The van der Waals surface area contributed by atoms with E-state index in [1.807, 2.05) is 13.0 Å². The molecule has 18 heavy (non-hydrogen) atoms. The number of carbonyl (C=O) groups excluding carboxylic acids is 2. The molecule has 1 saturated carbocycles.